The molecular formula is C21H36ClN3O2. The highest BCUT2D eigenvalue weighted by Gasteiger charge is 2.55. The molecule has 0 saturated heterocycles. The predicted molar refractivity (Wildman–Crippen MR) is 108 cm³/mol. The van der Waals surface area contributed by atoms with Crippen molar-refractivity contribution in [2.45, 2.75) is 77.3 Å². The Labute approximate surface area is 169 Å². The van der Waals surface area contributed by atoms with Crippen LogP contribution in [0.5, 0.6) is 0 Å². The average Bonchev–Trinajstić information content (AvgIpc) is 3.40. The van der Waals surface area contributed by atoms with Gasteiger partial charge >= 0.3 is 0 Å². The zero-order valence-electron chi connectivity index (χ0n) is 16.7. The molecule has 0 aromatic carbocycles. The van der Waals surface area contributed by atoms with Crippen molar-refractivity contribution in [3.05, 3.63) is 0 Å². The number of amides is 2. The summed E-state index contributed by atoms with van der Waals surface area (Å²) in [6.07, 6.45) is 9.40. The van der Waals surface area contributed by atoms with Crippen LogP contribution in [0, 0.1) is 35.0 Å². The highest BCUT2D eigenvalue weighted by atomic mass is 35.5. The van der Waals surface area contributed by atoms with Crippen LogP contribution in [0.25, 0.3) is 0 Å². The number of halogens is 1. The summed E-state index contributed by atoms with van der Waals surface area (Å²) in [7, 11) is 0. The molecule has 27 heavy (non-hydrogen) atoms. The second kappa shape index (κ2) is 7.90. The van der Waals surface area contributed by atoms with Crippen molar-refractivity contribution in [2.75, 3.05) is 6.54 Å². The largest absolute Gasteiger partial charge is 0.353 e. The van der Waals surface area contributed by atoms with Gasteiger partial charge in [-0.1, -0.05) is 13.8 Å². The van der Waals surface area contributed by atoms with Crippen molar-refractivity contribution < 1.29 is 9.59 Å². The van der Waals surface area contributed by atoms with E-state index in [0.717, 1.165) is 37.0 Å². The second-order valence-electron chi connectivity index (χ2n) is 10.1. The van der Waals surface area contributed by atoms with Crippen molar-refractivity contribution in [3.63, 3.8) is 0 Å². The summed E-state index contributed by atoms with van der Waals surface area (Å²) in [6.45, 7) is 4.52. The van der Waals surface area contributed by atoms with Gasteiger partial charge in [0.05, 0.1) is 0 Å². The lowest BCUT2D eigenvalue weighted by molar-refractivity contribution is -0.149. The Kier molecular flexibility index (Phi) is 6.12. The first kappa shape index (κ1) is 20.9. The topological polar surface area (TPSA) is 84.2 Å². The second-order valence-corrected chi connectivity index (χ2v) is 10.1. The molecular weight excluding hydrogens is 362 g/mol. The Hall–Kier alpha value is -0.810. The first-order valence-corrected chi connectivity index (χ1v) is 10.7. The first-order chi connectivity index (χ1) is 12.4. The summed E-state index contributed by atoms with van der Waals surface area (Å²) < 4.78 is 0. The lowest BCUT2D eigenvalue weighted by Crippen LogP contribution is -2.59. The minimum absolute atomic E-state index is 0. The Morgan fingerprint density at radius 2 is 1.56 bits per heavy atom. The molecule has 4 N–H and O–H groups in total. The van der Waals surface area contributed by atoms with Gasteiger partial charge in [0.25, 0.3) is 0 Å². The molecule has 0 radical (unpaired) electrons. The van der Waals surface area contributed by atoms with Gasteiger partial charge < -0.3 is 16.4 Å². The molecule has 0 spiro atoms. The number of carbonyl (C=O) groups excluding carboxylic acids is 2. The fourth-order valence-corrected chi connectivity index (χ4v) is 6.24. The normalized spacial score (nSPS) is 36.1. The van der Waals surface area contributed by atoms with E-state index in [1.54, 1.807) is 0 Å². The molecule has 0 aromatic rings. The van der Waals surface area contributed by atoms with Gasteiger partial charge in [0.2, 0.25) is 11.8 Å². The molecule has 5 rings (SSSR count). The molecule has 2 amide bonds. The Morgan fingerprint density at radius 3 is 2.00 bits per heavy atom. The maximum absolute atomic E-state index is 13.3. The smallest absolute Gasteiger partial charge is 0.242 e. The van der Waals surface area contributed by atoms with Gasteiger partial charge in [-0.3, -0.25) is 9.59 Å². The quantitative estimate of drug-likeness (QED) is 0.617. The van der Waals surface area contributed by atoms with Gasteiger partial charge in [-0.15, -0.1) is 12.4 Å². The number of nitrogens with one attached hydrogen (secondary N) is 2. The summed E-state index contributed by atoms with van der Waals surface area (Å²) in [5.74, 6) is 2.89. The number of carbonyl (C=O) groups is 2. The Morgan fingerprint density at radius 1 is 1.04 bits per heavy atom. The van der Waals surface area contributed by atoms with E-state index in [-0.39, 0.29) is 41.6 Å². The maximum Gasteiger partial charge on any atom is 0.242 e. The van der Waals surface area contributed by atoms with Crippen LogP contribution in [0.1, 0.15) is 65.2 Å². The molecule has 0 heterocycles. The van der Waals surface area contributed by atoms with Crippen LogP contribution in [0.3, 0.4) is 0 Å². The number of hydrogen-bond acceptors (Lipinski definition) is 3. The van der Waals surface area contributed by atoms with E-state index in [0.29, 0.717) is 12.5 Å². The van der Waals surface area contributed by atoms with Crippen molar-refractivity contribution >= 4 is 24.2 Å². The SMILES string of the molecule is CC(C)C(NC(=O)C12CC3CC(CC(C3)C1)C2)C(=O)NCC(N)C1CC1.Cl. The van der Waals surface area contributed by atoms with E-state index in [1.165, 1.54) is 32.1 Å². The van der Waals surface area contributed by atoms with Crippen LogP contribution in [-0.2, 0) is 9.59 Å². The molecule has 5 nitrogen and oxygen atoms in total. The molecule has 5 aliphatic carbocycles. The maximum atomic E-state index is 13.3. The van der Waals surface area contributed by atoms with Crippen LogP contribution in [0.2, 0.25) is 0 Å². The van der Waals surface area contributed by atoms with E-state index < -0.39 is 6.04 Å². The highest BCUT2D eigenvalue weighted by Crippen LogP contribution is 2.60. The van der Waals surface area contributed by atoms with E-state index in [9.17, 15) is 9.59 Å². The lowest BCUT2D eigenvalue weighted by Gasteiger charge is -2.55. The van der Waals surface area contributed by atoms with Crippen molar-refractivity contribution in [1.29, 1.82) is 0 Å². The standard InChI is InChI=1S/C21H35N3O2.ClH/c1-12(2)18(19(25)23-11-17(22)16-3-4-16)24-20(26)21-8-13-5-14(9-21)7-15(6-13)10-21;/h12-18H,3-11,22H2,1-2H3,(H,23,25)(H,24,26);1H. The average molecular weight is 398 g/mol. The third-order valence-corrected chi connectivity index (χ3v) is 7.50. The molecule has 154 valence electrons. The van der Waals surface area contributed by atoms with Gasteiger partial charge in [-0.05, 0) is 81.0 Å². The minimum atomic E-state index is -0.457. The van der Waals surface area contributed by atoms with Gasteiger partial charge in [0.1, 0.15) is 6.04 Å². The third-order valence-electron chi connectivity index (χ3n) is 7.50. The summed E-state index contributed by atoms with van der Waals surface area (Å²) in [5.41, 5.74) is 5.90. The number of nitrogens with two attached hydrogens (primary N) is 1. The van der Waals surface area contributed by atoms with Crippen molar-refractivity contribution in [1.82, 2.24) is 10.6 Å². The zero-order chi connectivity index (χ0) is 18.5. The fourth-order valence-electron chi connectivity index (χ4n) is 6.24. The van der Waals surface area contributed by atoms with E-state index in [4.69, 9.17) is 5.73 Å². The molecule has 6 heteroatoms. The van der Waals surface area contributed by atoms with Gasteiger partial charge in [0.15, 0.2) is 0 Å². The zero-order valence-corrected chi connectivity index (χ0v) is 17.5. The summed E-state index contributed by atoms with van der Waals surface area (Å²) in [4.78, 5) is 26.0. The summed E-state index contributed by atoms with van der Waals surface area (Å²) in [5, 5.41) is 6.14. The van der Waals surface area contributed by atoms with E-state index in [1.807, 2.05) is 13.8 Å². The van der Waals surface area contributed by atoms with Crippen molar-refractivity contribution in [2.24, 2.45) is 40.7 Å². The molecule has 0 aliphatic heterocycles. The van der Waals surface area contributed by atoms with E-state index >= 15 is 0 Å². The predicted octanol–water partition coefficient (Wildman–Crippen LogP) is 2.62. The third kappa shape index (κ3) is 4.29. The highest BCUT2D eigenvalue weighted by molar-refractivity contribution is 5.90. The number of rotatable bonds is 7. The van der Waals surface area contributed by atoms with Crippen LogP contribution >= 0.6 is 12.4 Å². The lowest BCUT2D eigenvalue weighted by atomic mass is 9.49. The summed E-state index contributed by atoms with van der Waals surface area (Å²) >= 11 is 0. The summed E-state index contributed by atoms with van der Waals surface area (Å²) in [6, 6.07) is -0.410. The Balaban J connectivity index is 0.00000210. The van der Waals surface area contributed by atoms with Gasteiger partial charge in [0, 0.05) is 18.0 Å². The molecule has 0 aromatic heterocycles. The van der Waals surface area contributed by atoms with Crippen LogP contribution in [-0.4, -0.2) is 30.4 Å². The van der Waals surface area contributed by atoms with Crippen LogP contribution < -0.4 is 16.4 Å². The molecule has 5 fully saturated rings. The fraction of sp³-hybridized carbons (Fsp3) is 0.905. The Bertz CT molecular complexity index is 540. The monoisotopic (exact) mass is 397 g/mol. The molecule has 2 atom stereocenters. The molecule has 4 bridgehead atoms. The van der Waals surface area contributed by atoms with Crippen LogP contribution in [0.15, 0.2) is 0 Å². The molecule has 5 saturated carbocycles. The number of hydrogen-bond donors (Lipinski definition) is 3. The first-order valence-electron chi connectivity index (χ1n) is 10.7. The van der Waals surface area contributed by atoms with E-state index in [2.05, 4.69) is 10.6 Å². The van der Waals surface area contributed by atoms with Crippen molar-refractivity contribution in [3.8, 4) is 0 Å². The minimum Gasteiger partial charge on any atom is -0.353 e. The molecule has 5 aliphatic rings. The van der Waals surface area contributed by atoms with Gasteiger partial charge in [-0.2, -0.15) is 0 Å². The van der Waals surface area contributed by atoms with Crippen LogP contribution in [0.4, 0.5) is 0 Å². The van der Waals surface area contributed by atoms with Gasteiger partial charge in [-0.25, -0.2) is 0 Å². The molecule has 2 unspecified atom stereocenters.